The fraction of sp³-hybridized carbons (Fsp3) is 0.400. The van der Waals surface area contributed by atoms with Gasteiger partial charge in [0.25, 0.3) is 0 Å². The van der Waals surface area contributed by atoms with Gasteiger partial charge in [-0.2, -0.15) is 0 Å². The van der Waals surface area contributed by atoms with E-state index in [9.17, 15) is 0 Å². The molecule has 2 aromatic rings. The smallest absolute Gasteiger partial charge is 0.142 e. The number of anilines is 1. The first kappa shape index (κ1) is 12.1. The minimum atomic E-state index is 0.662. The number of aromatic nitrogens is 2. The third-order valence-corrected chi connectivity index (χ3v) is 3.55. The summed E-state index contributed by atoms with van der Waals surface area (Å²) in [6.45, 7) is 4.53. The van der Waals surface area contributed by atoms with Crippen molar-refractivity contribution in [2.75, 3.05) is 18.5 Å². The molecule has 1 N–H and O–H groups in total. The normalized spacial score (nSPS) is 13.7. The summed E-state index contributed by atoms with van der Waals surface area (Å²) < 4.78 is 8.02. The molecule has 0 fully saturated rings. The van der Waals surface area contributed by atoms with E-state index in [0.717, 1.165) is 31.1 Å². The number of fused-ring (bicyclic) bond motifs is 1. The number of ether oxygens (including phenoxy) is 1. The van der Waals surface area contributed by atoms with Crippen molar-refractivity contribution < 1.29 is 4.74 Å². The maximum absolute atomic E-state index is 5.92. The minimum Gasteiger partial charge on any atom is -0.490 e. The second kappa shape index (κ2) is 5.34. The van der Waals surface area contributed by atoms with Crippen molar-refractivity contribution in [2.24, 2.45) is 0 Å². The fourth-order valence-electron chi connectivity index (χ4n) is 2.49. The minimum absolute atomic E-state index is 0.662. The van der Waals surface area contributed by atoms with Gasteiger partial charge in [0.1, 0.15) is 18.2 Å². The highest BCUT2D eigenvalue weighted by Crippen LogP contribution is 2.31. The zero-order valence-electron chi connectivity index (χ0n) is 11.2. The monoisotopic (exact) mass is 257 g/mol. The van der Waals surface area contributed by atoms with Gasteiger partial charge in [-0.15, -0.1) is 0 Å². The largest absolute Gasteiger partial charge is 0.490 e. The zero-order valence-corrected chi connectivity index (χ0v) is 11.2. The molecular weight excluding hydrogens is 238 g/mol. The maximum atomic E-state index is 5.92. The van der Waals surface area contributed by atoms with Gasteiger partial charge in [0.2, 0.25) is 0 Å². The van der Waals surface area contributed by atoms with E-state index in [0.29, 0.717) is 6.61 Å². The van der Waals surface area contributed by atoms with Crippen LogP contribution in [0.25, 0.3) is 0 Å². The van der Waals surface area contributed by atoms with Gasteiger partial charge in [0.15, 0.2) is 0 Å². The Bertz CT molecular complexity index is 562. The molecule has 0 atom stereocenters. The van der Waals surface area contributed by atoms with Crippen molar-refractivity contribution in [2.45, 2.75) is 26.3 Å². The lowest BCUT2D eigenvalue weighted by atomic mass is 10.0. The van der Waals surface area contributed by atoms with E-state index in [1.165, 1.54) is 17.7 Å². The molecule has 1 aromatic heterocycles. The molecule has 0 saturated heterocycles. The van der Waals surface area contributed by atoms with Crippen LogP contribution in [-0.4, -0.2) is 22.7 Å². The van der Waals surface area contributed by atoms with Crippen LogP contribution in [0.3, 0.4) is 0 Å². The SMILES string of the molecule is Cc1nccn1CCOc1cccc2c1NCCC2. The van der Waals surface area contributed by atoms with Gasteiger partial charge in [-0.05, 0) is 31.4 Å². The van der Waals surface area contributed by atoms with Crippen LogP contribution in [0.5, 0.6) is 5.75 Å². The Kier molecular flexibility index (Phi) is 3.40. The van der Waals surface area contributed by atoms with E-state index in [-0.39, 0.29) is 0 Å². The molecule has 2 heterocycles. The van der Waals surface area contributed by atoms with Gasteiger partial charge < -0.3 is 14.6 Å². The van der Waals surface area contributed by atoms with E-state index in [1.807, 2.05) is 25.4 Å². The van der Waals surface area contributed by atoms with Crippen LogP contribution in [0.1, 0.15) is 17.8 Å². The van der Waals surface area contributed by atoms with Crippen molar-refractivity contribution in [1.82, 2.24) is 9.55 Å². The van der Waals surface area contributed by atoms with Crippen LogP contribution < -0.4 is 10.1 Å². The summed E-state index contributed by atoms with van der Waals surface area (Å²) in [6, 6.07) is 6.29. The van der Waals surface area contributed by atoms with Crippen molar-refractivity contribution in [1.29, 1.82) is 0 Å². The molecule has 4 heteroatoms. The molecule has 0 unspecified atom stereocenters. The number of imidazole rings is 1. The first-order chi connectivity index (χ1) is 9.34. The molecule has 0 amide bonds. The number of nitrogens with one attached hydrogen (secondary N) is 1. The van der Waals surface area contributed by atoms with E-state index in [2.05, 4.69) is 27.0 Å². The van der Waals surface area contributed by atoms with Gasteiger partial charge in [0.05, 0.1) is 12.2 Å². The summed E-state index contributed by atoms with van der Waals surface area (Å²) in [5, 5.41) is 3.44. The average Bonchev–Trinajstić information content (AvgIpc) is 2.85. The summed E-state index contributed by atoms with van der Waals surface area (Å²) in [4.78, 5) is 4.21. The van der Waals surface area contributed by atoms with Crippen molar-refractivity contribution >= 4 is 5.69 Å². The topological polar surface area (TPSA) is 39.1 Å². The van der Waals surface area contributed by atoms with E-state index in [1.54, 1.807) is 0 Å². The summed E-state index contributed by atoms with van der Waals surface area (Å²) >= 11 is 0. The third kappa shape index (κ3) is 2.57. The van der Waals surface area contributed by atoms with Crippen LogP contribution in [-0.2, 0) is 13.0 Å². The highest BCUT2D eigenvalue weighted by atomic mass is 16.5. The maximum Gasteiger partial charge on any atom is 0.142 e. The first-order valence-electron chi connectivity index (χ1n) is 6.81. The lowest BCUT2D eigenvalue weighted by molar-refractivity contribution is 0.298. The van der Waals surface area contributed by atoms with E-state index in [4.69, 9.17) is 4.74 Å². The van der Waals surface area contributed by atoms with Crippen LogP contribution in [0.2, 0.25) is 0 Å². The quantitative estimate of drug-likeness (QED) is 0.915. The Balaban J connectivity index is 1.66. The molecule has 3 rings (SSSR count). The summed E-state index contributed by atoms with van der Waals surface area (Å²) in [5.41, 5.74) is 2.54. The predicted molar refractivity (Wildman–Crippen MR) is 75.7 cm³/mol. The number of rotatable bonds is 4. The van der Waals surface area contributed by atoms with Crippen molar-refractivity contribution in [3.05, 3.63) is 42.0 Å². The summed E-state index contributed by atoms with van der Waals surface area (Å²) in [6.07, 6.45) is 6.14. The number of hydrogen-bond acceptors (Lipinski definition) is 3. The molecule has 0 saturated carbocycles. The Morgan fingerprint density at radius 1 is 1.42 bits per heavy atom. The Morgan fingerprint density at radius 3 is 3.21 bits per heavy atom. The zero-order chi connectivity index (χ0) is 13.1. The standard InChI is InChI=1S/C15H19N3O/c1-12-16-8-9-18(12)10-11-19-14-6-2-4-13-5-3-7-17-15(13)14/h2,4,6,8-9,17H,3,5,7,10-11H2,1H3. The number of aryl methyl sites for hydroxylation is 2. The Morgan fingerprint density at radius 2 is 2.37 bits per heavy atom. The van der Waals surface area contributed by atoms with Crippen molar-refractivity contribution in [3.8, 4) is 5.75 Å². The number of hydrogen-bond donors (Lipinski definition) is 1. The molecular formula is C15H19N3O. The van der Waals surface area contributed by atoms with Crippen LogP contribution >= 0.6 is 0 Å². The van der Waals surface area contributed by atoms with E-state index < -0.39 is 0 Å². The predicted octanol–water partition coefficient (Wildman–Crippen LogP) is 2.63. The lowest BCUT2D eigenvalue weighted by Gasteiger charge is -2.21. The van der Waals surface area contributed by atoms with Gasteiger partial charge >= 0.3 is 0 Å². The van der Waals surface area contributed by atoms with Crippen LogP contribution in [0.4, 0.5) is 5.69 Å². The number of benzene rings is 1. The highest BCUT2D eigenvalue weighted by molar-refractivity contribution is 5.63. The third-order valence-electron chi connectivity index (χ3n) is 3.55. The van der Waals surface area contributed by atoms with E-state index >= 15 is 0 Å². The molecule has 0 bridgehead atoms. The first-order valence-corrected chi connectivity index (χ1v) is 6.81. The molecule has 4 nitrogen and oxygen atoms in total. The van der Waals surface area contributed by atoms with Gasteiger partial charge in [-0.1, -0.05) is 12.1 Å². The molecule has 19 heavy (non-hydrogen) atoms. The Labute approximate surface area is 113 Å². The molecule has 0 radical (unpaired) electrons. The van der Waals surface area contributed by atoms with Crippen molar-refractivity contribution in [3.63, 3.8) is 0 Å². The number of para-hydroxylation sites is 1. The summed E-state index contributed by atoms with van der Waals surface area (Å²) in [7, 11) is 0. The number of nitrogens with zero attached hydrogens (tertiary/aromatic N) is 2. The molecule has 1 aliphatic rings. The van der Waals surface area contributed by atoms with Gasteiger partial charge in [-0.25, -0.2) is 4.98 Å². The molecule has 1 aliphatic heterocycles. The molecule has 1 aromatic carbocycles. The average molecular weight is 257 g/mol. The lowest BCUT2D eigenvalue weighted by Crippen LogP contribution is -2.14. The molecule has 0 spiro atoms. The summed E-state index contributed by atoms with van der Waals surface area (Å²) in [5.74, 6) is 1.99. The molecule has 0 aliphatic carbocycles. The highest BCUT2D eigenvalue weighted by Gasteiger charge is 2.12. The molecule has 100 valence electrons. The van der Waals surface area contributed by atoms with Crippen LogP contribution in [0, 0.1) is 6.92 Å². The fourth-order valence-corrected chi connectivity index (χ4v) is 2.49. The van der Waals surface area contributed by atoms with Gasteiger partial charge in [-0.3, -0.25) is 0 Å². The Hall–Kier alpha value is -1.97. The van der Waals surface area contributed by atoms with Gasteiger partial charge in [0, 0.05) is 18.9 Å². The second-order valence-electron chi connectivity index (χ2n) is 4.84. The van der Waals surface area contributed by atoms with Crippen LogP contribution in [0.15, 0.2) is 30.6 Å². The second-order valence-corrected chi connectivity index (χ2v) is 4.84.